The predicted molar refractivity (Wildman–Crippen MR) is 64.9 cm³/mol. The Kier molecular flexibility index (Phi) is 4.72. The third kappa shape index (κ3) is 4.12. The number of rotatable bonds is 5. The van der Waals surface area contributed by atoms with E-state index in [1.807, 2.05) is 6.92 Å². The van der Waals surface area contributed by atoms with Crippen LogP contribution in [0.25, 0.3) is 0 Å². The van der Waals surface area contributed by atoms with Crippen LogP contribution in [0.2, 0.25) is 0 Å². The molecule has 0 radical (unpaired) electrons. The molecule has 1 aliphatic heterocycles. The van der Waals surface area contributed by atoms with Crippen molar-refractivity contribution < 1.29 is 14.1 Å². The van der Waals surface area contributed by atoms with Crippen LogP contribution in [0.5, 0.6) is 0 Å². The topological polar surface area (TPSA) is 76.4 Å². The minimum absolute atomic E-state index is 0.109. The van der Waals surface area contributed by atoms with E-state index in [2.05, 4.69) is 15.8 Å². The third-order valence-corrected chi connectivity index (χ3v) is 2.87. The molecule has 1 aliphatic rings. The first-order valence-electron chi connectivity index (χ1n) is 6.25. The lowest BCUT2D eigenvalue weighted by Crippen LogP contribution is -2.35. The molecule has 0 aliphatic carbocycles. The number of amides is 1. The lowest BCUT2D eigenvalue weighted by molar-refractivity contribution is -0.128. The van der Waals surface area contributed by atoms with Gasteiger partial charge < -0.3 is 19.9 Å². The maximum Gasteiger partial charge on any atom is 0.246 e. The maximum absolute atomic E-state index is 11.6. The number of piperidine rings is 1. The summed E-state index contributed by atoms with van der Waals surface area (Å²) in [6.45, 7) is 4.23. The molecule has 0 atom stereocenters. The van der Waals surface area contributed by atoms with E-state index < -0.39 is 0 Å². The molecule has 6 heteroatoms. The second-order valence-electron chi connectivity index (χ2n) is 4.47. The Morgan fingerprint density at radius 1 is 1.61 bits per heavy atom. The first kappa shape index (κ1) is 13.0. The van der Waals surface area contributed by atoms with Gasteiger partial charge in [-0.2, -0.15) is 0 Å². The fourth-order valence-electron chi connectivity index (χ4n) is 1.89. The largest absolute Gasteiger partial charge is 0.368 e. The van der Waals surface area contributed by atoms with Gasteiger partial charge in [0.15, 0.2) is 5.76 Å². The van der Waals surface area contributed by atoms with Crippen molar-refractivity contribution in [3.63, 3.8) is 0 Å². The summed E-state index contributed by atoms with van der Waals surface area (Å²) in [5.41, 5.74) is 0.810. The summed E-state index contributed by atoms with van der Waals surface area (Å²) in [4.78, 5) is 11.6. The van der Waals surface area contributed by atoms with Crippen LogP contribution in [-0.4, -0.2) is 36.9 Å². The van der Waals surface area contributed by atoms with Crippen molar-refractivity contribution in [3.05, 3.63) is 17.5 Å². The van der Waals surface area contributed by atoms with Crippen LogP contribution in [0.3, 0.4) is 0 Å². The Hall–Kier alpha value is -1.40. The van der Waals surface area contributed by atoms with Crippen molar-refractivity contribution in [1.29, 1.82) is 0 Å². The first-order valence-corrected chi connectivity index (χ1v) is 6.25. The minimum atomic E-state index is -0.123. The van der Waals surface area contributed by atoms with Crippen LogP contribution >= 0.6 is 0 Å². The standard InChI is InChI=1S/C12H19N3O3/c1-9-6-11(18-15-9)7-14-12(16)8-17-10-2-4-13-5-3-10/h6,10,13H,2-5,7-8H2,1H3,(H,14,16). The highest BCUT2D eigenvalue weighted by Gasteiger charge is 2.14. The molecule has 18 heavy (non-hydrogen) atoms. The fraction of sp³-hybridized carbons (Fsp3) is 0.667. The molecule has 1 aromatic rings. The van der Waals surface area contributed by atoms with Crippen molar-refractivity contribution in [2.24, 2.45) is 0 Å². The van der Waals surface area contributed by atoms with Crippen LogP contribution in [0.15, 0.2) is 10.6 Å². The highest BCUT2D eigenvalue weighted by molar-refractivity contribution is 5.77. The van der Waals surface area contributed by atoms with E-state index in [9.17, 15) is 4.79 Å². The van der Waals surface area contributed by atoms with Gasteiger partial charge in [0.25, 0.3) is 0 Å². The van der Waals surface area contributed by atoms with Gasteiger partial charge in [-0.25, -0.2) is 0 Å². The van der Waals surface area contributed by atoms with Crippen LogP contribution < -0.4 is 10.6 Å². The molecule has 2 N–H and O–H groups in total. The molecule has 2 rings (SSSR count). The van der Waals surface area contributed by atoms with Gasteiger partial charge in [0.2, 0.25) is 5.91 Å². The van der Waals surface area contributed by atoms with Crippen molar-refractivity contribution in [1.82, 2.24) is 15.8 Å². The van der Waals surface area contributed by atoms with Gasteiger partial charge >= 0.3 is 0 Å². The van der Waals surface area contributed by atoms with Crippen molar-refractivity contribution >= 4 is 5.91 Å². The SMILES string of the molecule is Cc1cc(CNC(=O)COC2CCNCC2)on1. The lowest BCUT2D eigenvalue weighted by Gasteiger charge is -2.22. The van der Waals surface area contributed by atoms with Gasteiger partial charge in [-0.1, -0.05) is 5.16 Å². The molecule has 0 spiro atoms. The Bertz CT molecular complexity index is 386. The fourth-order valence-corrected chi connectivity index (χ4v) is 1.89. The predicted octanol–water partition coefficient (Wildman–Crippen LogP) is 0.368. The molecule has 1 amide bonds. The summed E-state index contributed by atoms with van der Waals surface area (Å²) in [6, 6.07) is 1.80. The maximum atomic E-state index is 11.6. The average Bonchev–Trinajstić information content (AvgIpc) is 2.81. The van der Waals surface area contributed by atoms with Crippen LogP contribution in [0.1, 0.15) is 24.3 Å². The van der Waals surface area contributed by atoms with E-state index in [1.54, 1.807) is 6.07 Å². The molecule has 2 heterocycles. The number of carbonyl (C=O) groups excluding carboxylic acids is 1. The van der Waals surface area contributed by atoms with Gasteiger partial charge in [-0.3, -0.25) is 4.79 Å². The molecule has 0 saturated carbocycles. The summed E-state index contributed by atoms with van der Waals surface area (Å²) in [7, 11) is 0. The van der Waals surface area contributed by atoms with Gasteiger partial charge in [-0.15, -0.1) is 0 Å². The summed E-state index contributed by atoms with van der Waals surface area (Å²) in [6.07, 6.45) is 2.13. The Balaban J connectivity index is 1.62. The number of hydrogen-bond acceptors (Lipinski definition) is 5. The highest BCUT2D eigenvalue weighted by Crippen LogP contribution is 2.06. The van der Waals surface area contributed by atoms with Crippen LogP contribution in [-0.2, 0) is 16.1 Å². The molecule has 0 unspecified atom stereocenters. The highest BCUT2D eigenvalue weighted by atomic mass is 16.5. The molecular weight excluding hydrogens is 234 g/mol. The number of carbonyl (C=O) groups is 1. The number of hydrogen-bond donors (Lipinski definition) is 2. The van der Waals surface area contributed by atoms with E-state index in [1.165, 1.54) is 0 Å². The molecule has 1 saturated heterocycles. The monoisotopic (exact) mass is 253 g/mol. The number of ether oxygens (including phenoxy) is 1. The molecule has 0 aromatic carbocycles. The number of aryl methyl sites for hydroxylation is 1. The molecule has 100 valence electrons. The Morgan fingerprint density at radius 3 is 3.06 bits per heavy atom. The quantitative estimate of drug-likeness (QED) is 0.792. The molecule has 0 bridgehead atoms. The molecular formula is C12H19N3O3. The van der Waals surface area contributed by atoms with Gasteiger partial charge in [0.05, 0.1) is 18.3 Å². The zero-order chi connectivity index (χ0) is 12.8. The van der Waals surface area contributed by atoms with E-state index in [0.29, 0.717) is 12.3 Å². The number of aromatic nitrogens is 1. The van der Waals surface area contributed by atoms with Crippen molar-refractivity contribution in [3.8, 4) is 0 Å². The average molecular weight is 253 g/mol. The van der Waals surface area contributed by atoms with Crippen molar-refractivity contribution in [2.75, 3.05) is 19.7 Å². The zero-order valence-electron chi connectivity index (χ0n) is 10.6. The molecule has 6 nitrogen and oxygen atoms in total. The summed E-state index contributed by atoms with van der Waals surface area (Å²) >= 11 is 0. The van der Waals surface area contributed by atoms with E-state index in [0.717, 1.165) is 31.6 Å². The smallest absolute Gasteiger partial charge is 0.246 e. The normalized spacial score (nSPS) is 16.7. The summed E-state index contributed by atoms with van der Waals surface area (Å²) in [5.74, 6) is 0.533. The zero-order valence-corrected chi connectivity index (χ0v) is 10.6. The van der Waals surface area contributed by atoms with E-state index >= 15 is 0 Å². The van der Waals surface area contributed by atoms with Gasteiger partial charge in [0, 0.05) is 6.07 Å². The second kappa shape index (κ2) is 6.51. The van der Waals surface area contributed by atoms with E-state index in [4.69, 9.17) is 9.26 Å². The minimum Gasteiger partial charge on any atom is -0.368 e. The van der Waals surface area contributed by atoms with Crippen molar-refractivity contribution in [2.45, 2.75) is 32.4 Å². The second-order valence-corrected chi connectivity index (χ2v) is 4.47. The number of nitrogens with one attached hydrogen (secondary N) is 2. The Morgan fingerprint density at radius 2 is 2.39 bits per heavy atom. The van der Waals surface area contributed by atoms with Crippen LogP contribution in [0.4, 0.5) is 0 Å². The summed E-state index contributed by atoms with van der Waals surface area (Å²) in [5, 5.41) is 9.74. The molecule has 1 aromatic heterocycles. The summed E-state index contributed by atoms with van der Waals surface area (Å²) < 4.78 is 10.5. The van der Waals surface area contributed by atoms with E-state index in [-0.39, 0.29) is 18.6 Å². The van der Waals surface area contributed by atoms with Gasteiger partial charge in [-0.05, 0) is 32.9 Å². The lowest BCUT2D eigenvalue weighted by atomic mass is 10.1. The molecule has 1 fully saturated rings. The van der Waals surface area contributed by atoms with Crippen LogP contribution in [0, 0.1) is 6.92 Å². The number of nitrogens with zero attached hydrogens (tertiary/aromatic N) is 1. The Labute approximate surface area is 106 Å². The third-order valence-electron chi connectivity index (χ3n) is 2.87. The first-order chi connectivity index (χ1) is 8.74. The van der Waals surface area contributed by atoms with Gasteiger partial charge in [0.1, 0.15) is 6.61 Å².